The molecule has 2 aliphatic heterocycles. The van der Waals surface area contributed by atoms with Crippen LogP contribution in [-0.2, 0) is 43.6 Å². The molecule has 0 radical (unpaired) electrons. The van der Waals surface area contributed by atoms with E-state index in [1.165, 1.54) is 30.7 Å². The lowest BCUT2D eigenvalue weighted by Crippen LogP contribution is -2.19. The second kappa shape index (κ2) is 19.2. The van der Waals surface area contributed by atoms with Gasteiger partial charge in [-0.3, -0.25) is 0 Å². The average molecular weight is 917 g/mol. The minimum absolute atomic E-state index is 0.0588. The van der Waals surface area contributed by atoms with Gasteiger partial charge in [0.1, 0.15) is 48.0 Å². The standard InChI is InChI=1S/C56H60N4S4/c1-9-61(5)41-21-13-37(14-22-41)53-45-29-31-47(57-45)54(38-15-23-42(24-16-38)62(6)10-2)49-33-35-51(59-49)56(40-19-27-44(28-20-40)64(8)12-4)52-36-34-50(60-52)55(48-32-30-46(53)58-48)39-17-25-43(26-18-39)63(7)11-3/h13-36,53,57-59H,9-12H2,1-8H3/q+4. The Labute approximate surface area is 391 Å². The molecule has 0 spiro atoms. The van der Waals surface area contributed by atoms with Crippen molar-refractivity contribution in [1.29, 1.82) is 0 Å². The van der Waals surface area contributed by atoms with E-state index in [1.54, 1.807) is 0 Å². The van der Waals surface area contributed by atoms with E-state index < -0.39 is 0 Å². The van der Waals surface area contributed by atoms with Crippen LogP contribution >= 0.6 is 0 Å². The first kappa shape index (κ1) is 44.2. The second-order valence-electron chi connectivity index (χ2n) is 16.6. The summed E-state index contributed by atoms with van der Waals surface area (Å²) >= 11 is 0. The Balaban J connectivity index is 1.33. The molecule has 0 aliphatic carbocycles. The maximum absolute atomic E-state index is 5.58. The number of nitrogens with one attached hydrogen (secondary N) is 3. The van der Waals surface area contributed by atoms with E-state index in [4.69, 9.17) is 4.99 Å². The third-order valence-corrected chi connectivity index (χ3v) is 20.7. The third kappa shape index (κ3) is 8.74. The molecule has 3 N–H and O–H groups in total. The van der Waals surface area contributed by atoms with Gasteiger partial charge in [0.15, 0.2) is 19.6 Å². The fourth-order valence-electron chi connectivity index (χ4n) is 8.77. The fourth-order valence-corrected chi connectivity index (χ4v) is 12.5. The zero-order valence-electron chi connectivity index (χ0n) is 38.3. The number of allylic oxidation sites excluding steroid dienone is 2. The van der Waals surface area contributed by atoms with Gasteiger partial charge in [-0.1, -0.05) is 12.1 Å². The first-order valence-electron chi connectivity index (χ1n) is 22.4. The molecule has 4 aromatic carbocycles. The Morgan fingerprint density at radius 1 is 0.406 bits per heavy atom. The van der Waals surface area contributed by atoms with Crippen LogP contribution in [0.4, 0.5) is 0 Å². The largest absolute Gasteiger partial charge is 0.357 e. The van der Waals surface area contributed by atoms with Crippen LogP contribution in [0, 0.1) is 0 Å². The van der Waals surface area contributed by atoms with E-state index >= 15 is 0 Å². The zero-order valence-corrected chi connectivity index (χ0v) is 41.6. The summed E-state index contributed by atoms with van der Waals surface area (Å²) in [6.45, 7) is 9.10. The number of fused-ring (bicyclic) bond motifs is 7. The van der Waals surface area contributed by atoms with Gasteiger partial charge in [-0.2, -0.15) is 0 Å². The van der Waals surface area contributed by atoms with Crippen molar-refractivity contribution >= 4 is 66.0 Å². The summed E-state index contributed by atoms with van der Waals surface area (Å²) < 4.78 is 0. The van der Waals surface area contributed by atoms with Gasteiger partial charge in [-0.15, -0.1) is 0 Å². The van der Waals surface area contributed by atoms with Gasteiger partial charge in [-0.25, -0.2) is 4.99 Å². The van der Waals surface area contributed by atoms with Crippen LogP contribution in [0.2, 0.25) is 0 Å². The normalized spacial score (nSPS) is 16.8. The lowest BCUT2D eigenvalue weighted by atomic mass is 9.93. The first-order chi connectivity index (χ1) is 31.2. The number of aliphatic imine (C=N–C) groups is 1. The third-order valence-electron chi connectivity index (χ3n) is 12.9. The van der Waals surface area contributed by atoms with Gasteiger partial charge >= 0.3 is 0 Å². The summed E-state index contributed by atoms with van der Waals surface area (Å²) in [7, 11) is 0.802. The summed E-state index contributed by atoms with van der Waals surface area (Å²) in [6.07, 6.45) is 13.8. The van der Waals surface area contributed by atoms with Crippen molar-refractivity contribution in [2.24, 2.45) is 4.99 Å². The van der Waals surface area contributed by atoms with Crippen LogP contribution in [0.25, 0.3) is 16.7 Å². The van der Waals surface area contributed by atoms with Crippen LogP contribution in [0.5, 0.6) is 0 Å². The number of aromatic nitrogens is 3. The Morgan fingerprint density at radius 3 is 1.25 bits per heavy atom. The summed E-state index contributed by atoms with van der Waals surface area (Å²) in [5, 5.41) is 2.10. The van der Waals surface area contributed by atoms with Crippen LogP contribution in [0.3, 0.4) is 0 Å². The lowest BCUT2D eigenvalue weighted by molar-refractivity contribution is 0.891. The van der Waals surface area contributed by atoms with Crippen molar-refractivity contribution in [3.05, 3.63) is 207 Å². The van der Waals surface area contributed by atoms with Gasteiger partial charge < -0.3 is 15.0 Å². The zero-order chi connectivity index (χ0) is 44.5. The molecule has 324 valence electrons. The maximum Gasteiger partial charge on any atom is 0.154 e. The SMILES string of the molecule is CC[S+](C)c1ccc(C2=C3C=CC(=N3)C(c3ccc([S+](C)CC)cc3)=c3ccc([nH]3)=C(c3ccc([S+](C)CC)cc3)c3ccc([nH]3)C(c3ccc([S+](C)CC)cc3)c3ccc2[nH]3)cc1. The van der Waals surface area contributed by atoms with Crippen LogP contribution < -0.4 is 10.7 Å². The molecule has 0 saturated carbocycles. The van der Waals surface area contributed by atoms with Crippen molar-refractivity contribution in [2.45, 2.75) is 53.2 Å². The van der Waals surface area contributed by atoms with Crippen LogP contribution in [-0.4, -0.2) is 68.7 Å². The number of hydrogen-bond donors (Lipinski definition) is 3. The van der Waals surface area contributed by atoms with Crippen molar-refractivity contribution in [3.63, 3.8) is 0 Å². The number of nitrogens with zero attached hydrogens (tertiary/aromatic N) is 1. The van der Waals surface area contributed by atoms with Crippen molar-refractivity contribution in [2.75, 3.05) is 48.0 Å². The Bertz CT molecular complexity index is 2980. The number of rotatable bonds is 12. The van der Waals surface area contributed by atoms with Gasteiger partial charge in [0.05, 0.1) is 17.3 Å². The van der Waals surface area contributed by atoms with E-state index in [0.717, 1.165) is 95.7 Å². The fraction of sp³-hybridized carbons (Fsp3) is 0.232. The highest BCUT2D eigenvalue weighted by Gasteiger charge is 2.27. The quantitative estimate of drug-likeness (QED) is 0.102. The summed E-state index contributed by atoms with van der Waals surface area (Å²) in [5.74, 6) is 4.47. The van der Waals surface area contributed by atoms with E-state index in [2.05, 4.69) is 213 Å². The summed E-state index contributed by atoms with van der Waals surface area (Å²) in [4.78, 5) is 23.1. The molecule has 0 fully saturated rings. The summed E-state index contributed by atoms with van der Waals surface area (Å²) in [5.41, 5.74) is 14.3. The van der Waals surface area contributed by atoms with Gasteiger partial charge in [0.2, 0.25) is 0 Å². The van der Waals surface area contributed by atoms with Crippen LogP contribution in [0.15, 0.2) is 176 Å². The van der Waals surface area contributed by atoms with Crippen molar-refractivity contribution in [3.8, 4) is 0 Å². The molecule has 8 bridgehead atoms. The number of benzene rings is 4. The molecule has 9 rings (SSSR count). The second-order valence-corrected chi connectivity index (χ2v) is 25.9. The molecule has 64 heavy (non-hydrogen) atoms. The Hall–Kier alpha value is -4.99. The monoisotopic (exact) mass is 916 g/mol. The van der Waals surface area contributed by atoms with E-state index in [1.807, 2.05) is 0 Å². The smallest absolute Gasteiger partial charge is 0.154 e. The molecule has 5 atom stereocenters. The highest BCUT2D eigenvalue weighted by atomic mass is 32.2. The van der Waals surface area contributed by atoms with Crippen LogP contribution in [0.1, 0.15) is 78.6 Å². The molecule has 2 aliphatic rings. The predicted molar refractivity (Wildman–Crippen MR) is 283 cm³/mol. The molecular formula is C56H60N4S4+4. The maximum atomic E-state index is 5.58. The molecule has 5 heterocycles. The first-order valence-corrected chi connectivity index (χ1v) is 29.6. The van der Waals surface area contributed by atoms with E-state index in [0.29, 0.717) is 0 Å². The number of aromatic amines is 3. The molecular weight excluding hydrogens is 857 g/mol. The minimum atomic E-state index is -0.0588. The Kier molecular flexibility index (Phi) is 13.3. The molecule has 7 aromatic rings. The molecule has 0 amide bonds. The predicted octanol–water partition coefficient (Wildman–Crippen LogP) is 10.6. The summed E-state index contributed by atoms with van der Waals surface area (Å²) in [6, 6.07) is 50.7. The molecule has 5 unspecified atom stereocenters. The molecule has 3 aromatic heterocycles. The van der Waals surface area contributed by atoms with Gasteiger partial charge in [0.25, 0.3) is 0 Å². The highest BCUT2D eigenvalue weighted by molar-refractivity contribution is 7.97. The molecule has 4 nitrogen and oxygen atoms in total. The van der Waals surface area contributed by atoms with E-state index in [-0.39, 0.29) is 49.5 Å². The lowest BCUT2D eigenvalue weighted by Gasteiger charge is -2.17. The molecule has 0 saturated heterocycles. The highest BCUT2D eigenvalue weighted by Crippen LogP contribution is 2.38. The average Bonchev–Trinajstić information content (AvgIpc) is 4.20. The van der Waals surface area contributed by atoms with Crippen molar-refractivity contribution < 1.29 is 0 Å². The van der Waals surface area contributed by atoms with Crippen molar-refractivity contribution in [1.82, 2.24) is 15.0 Å². The Morgan fingerprint density at radius 2 is 0.797 bits per heavy atom. The number of H-pyrrole nitrogens is 3. The topological polar surface area (TPSA) is 59.7 Å². The van der Waals surface area contributed by atoms with Gasteiger partial charge in [-0.05, 0) is 183 Å². The molecule has 8 heteroatoms. The van der Waals surface area contributed by atoms with Gasteiger partial charge in [0, 0.05) is 93.8 Å². The number of hydrogen-bond acceptors (Lipinski definition) is 1. The minimum Gasteiger partial charge on any atom is -0.357 e. The van der Waals surface area contributed by atoms with E-state index in [9.17, 15) is 0 Å².